The van der Waals surface area contributed by atoms with Crippen molar-refractivity contribution in [3.8, 4) is 11.4 Å². The minimum absolute atomic E-state index is 0.423. The van der Waals surface area contributed by atoms with Gasteiger partial charge in [0.05, 0.1) is 11.0 Å². The Kier molecular flexibility index (Phi) is 3.45. The van der Waals surface area contributed by atoms with Crippen molar-refractivity contribution in [3.63, 3.8) is 0 Å². The largest absolute Gasteiger partial charge is 0.324 e. The Morgan fingerprint density at radius 2 is 1.81 bits per heavy atom. The van der Waals surface area contributed by atoms with Gasteiger partial charge < -0.3 is 4.57 Å². The molecule has 0 saturated heterocycles. The predicted molar refractivity (Wildman–Crippen MR) is 79.9 cm³/mol. The molecular formula is C17H16F2N2. The van der Waals surface area contributed by atoms with Crippen LogP contribution in [0.5, 0.6) is 0 Å². The van der Waals surface area contributed by atoms with Gasteiger partial charge in [0.2, 0.25) is 0 Å². The summed E-state index contributed by atoms with van der Waals surface area (Å²) in [5.41, 5.74) is 2.45. The lowest BCUT2D eigenvalue weighted by Crippen LogP contribution is -2.06. The number of benzene rings is 2. The molecule has 0 radical (unpaired) electrons. The molecule has 0 N–H and O–H groups in total. The maximum absolute atomic E-state index is 13.5. The standard InChI is InChI=1S/C17H16F2N2/c1-11(2)10-21-16-6-4-3-5-15(16)20-17(21)12-7-8-13(18)14(19)9-12/h3-9,11H,10H2,1-2H3. The van der Waals surface area contributed by atoms with Crippen LogP contribution in [0.3, 0.4) is 0 Å². The Bertz CT molecular complexity index is 791. The number of para-hydroxylation sites is 2. The maximum atomic E-state index is 13.5. The van der Waals surface area contributed by atoms with Crippen molar-refractivity contribution >= 4 is 11.0 Å². The minimum Gasteiger partial charge on any atom is -0.324 e. The van der Waals surface area contributed by atoms with E-state index in [9.17, 15) is 8.78 Å². The van der Waals surface area contributed by atoms with Crippen molar-refractivity contribution in [2.75, 3.05) is 0 Å². The lowest BCUT2D eigenvalue weighted by Gasteiger charge is -2.12. The topological polar surface area (TPSA) is 17.8 Å². The summed E-state index contributed by atoms with van der Waals surface area (Å²) in [7, 11) is 0. The fraction of sp³-hybridized carbons (Fsp3) is 0.235. The van der Waals surface area contributed by atoms with Gasteiger partial charge in [-0.3, -0.25) is 0 Å². The molecule has 0 aliphatic carbocycles. The zero-order valence-electron chi connectivity index (χ0n) is 12.0. The molecule has 0 aliphatic heterocycles. The monoisotopic (exact) mass is 286 g/mol. The average Bonchev–Trinajstić information content (AvgIpc) is 2.80. The van der Waals surface area contributed by atoms with E-state index in [-0.39, 0.29) is 0 Å². The van der Waals surface area contributed by atoms with E-state index in [2.05, 4.69) is 23.4 Å². The van der Waals surface area contributed by atoms with E-state index in [1.54, 1.807) is 6.07 Å². The molecule has 1 heterocycles. The van der Waals surface area contributed by atoms with Crippen molar-refractivity contribution < 1.29 is 8.78 Å². The van der Waals surface area contributed by atoms with E-state index in [1.165, 1.54) is 6.07 Å². The van der Waals surface area contributed by atoms with E-state index in [0.29, 0.717) is 17.3 Å². The second-order valence-corrected chi connectivity index (χ2v) is 5.56. The molecule has 2 nitrogen and oxygen atoms in total. The number of fused-ring (bicyclic) bond motifs is 1. The quantitative estimate of drug-likeness (QED) is 0.686. The summed E-state index contributed by atoms with van der Waals surface area (Å²) in [6.45, 7) is 5.00. The molecule has 0 bridgehead atoms. The molecule has 1 aromatic heterocycles. The lowest BCUT2D eigenvalue weighted by molar-refractivity contribution is 0.508. The predicted octanol–water partition coefficient (Wildman–Crippen LogP) is 4.64. The van der Waals surface area contributed by atoms with Gasteiger partial charge in [-0.05, 0) is 36.2 Å². The Labute approximate surface area is 122 Å². The third kappa shape index (κ3) is 2.53. The van der Waals surface area contributed by atoms with E-state index < -0.39 is 11.6 Å². The molecule has 3 aromatic rings. The fourth-order valence-electron chi connectivity index (χ4n) is 2.48. The van der Waals surface area contributed by atoms with Gasteiger partial charge >= 0.3 is 0 Å². The Morgan fingerprint density at radius 3 is 2.52 bits per heavy atom. The van der Waals surface area contributed by atoms with Crippen LogP contribution in [0.4, 0.5) is 8.78 Å². The number of aromatic nitrogens is 2. The molecule has 108 valence electrons. The second kappa shape index (κ2) is 5.28. The van der Waals surface area contributed by atoms with E-state index in [1.807, 2.05) is 24.3 Å². The van der Waals surface area contributed by atoms with Crippen LogP contribution in [0.25, 0.3) is 22.4 Å². The average molecular weight is 286 g/mol. The van der Waals surface area contributed by atoms with Crippen LogP contribution >= 0.6 is 0 Å². The minimum atomic E-state index is -0.851. The lowest BCUT2D eigenvalue weighted by atomic mass is 10.1. The van der Waals surface area contributed by atoms with Gasteiger partial charge in [0.15, 0.2) is 11.6 Å². The van der Waals surface area contributed by atoms with E-state index in [4.69, 9.17) is 0 Å². The van der Waals surface area contributed by atoms with Gasteiger partial charge in [-0.25, -0.2) is 13.8 Å². The van der Waals surface area contributed by atoms with Crippen molar-refractivity contribution in [2.45, 2.75) is 20.4 Å². The highest BCUT2D eigenvalue weighted by Gasteiger charge is 2.14. The summed E-state index contributed by atoms with van der Waals surface area (Å²) in [6.07, 6.45) is 0. The van der Waals surface area contributed by atoms with Gasteiger partial charge in [0.1, 0.15) is 5.82 Å². The number of nitrogens with zero attached hydrogens (tertiary/aromatic N) is 2. The zero-order chi connectivity index (χ0) is 15.0. The molecular weight excluding hydrogens is 270 g/mol. The highest BCUT2D eigenvalue weighted by Crippen LogP contribution is 2.26. The molecule has 0 spiro atoms. The van der Waals surface area contributed by atoms with Gasteiger partial charge in [-0.15, -0.1) is 0 Å². The number of rotatable bonds is 3. The highest BCUT2D eigenvalue weighted by atomic mass is 19.2. The van der Waals surface area contributed by atoms with Crippen LogP contribution in [-0.4, -0.2) is 9.55 Å². The van der Waals surface area contributed by atoms with Crippen LogP contribution in [0.2, 0.25) is 0 Å². The first-order chi connectivity index (χ1) is 10.1. The zero-order valence-corrected chi connectivity index (χ0v) is 12.0. The molecule has 4 heteroatoms. The second-order valence-electron chi connectivity index (χ2n) is 5.56. The smallest absolute Gasteiger partial charge is 0.159 e. The number of hydrogen-bond donors (Lipinski definition) is 0. The number of hydrogen-bond acceptors (Lipinski definition) is 1. The number of halogens is 2. The normalized spacial score (nSPS) is 11.5. The molecule has 0 aliphatic rings. The SMILES string of the molecule is CC(C)Cn1c(-c2ccc(F)c(F)c2)nc2ccccc21. The van der Waals surface area contributed by atoms with Crippen molar-refractivity contribution in [2.24, 2.45) is 5.92 Å². The fourth-order valence-corrected chi connectivity index (χ4v) is 2.48. The molecule has 2 aromatic carbocycles. The Hall–Kier alpha value is -2.23. The van der Waals surface area contributed by atoms with E-state index in [0.717, 1.165) is 23.6 Å². The Morgan fingerprint density at radius 1 is 1.05 bits per heavy atom. The van der Waals surface area contributed by atoms with Crippen molar-refractivity contribution in [1.29, 1.82) is 0 Å². The van der Waals surface area contributed by atoms with Crippen LogP contribution in [0.15, 0.2) is 42.5 Å². The first-order valence-electron chi connectivity index (χ1n) is 6.97. The van der Waals surface area contributed by atoms with Crippen LogP contribution in [0.1, 0.15) is 13.8 Å². The molecule has 3 rings (SSSR count). The maximum Gasteiger partial charge on any atom is 0.159 e. The summed E-state index contributed by atoms with van der Waals surface area (Å²) in [4.78, 5) is 4.58. The summed E-state index contributed by atoms with van der Waals surface area (Å²) in [5.74, 6) is -0.601. The summed E-state index contributed by atoms with van der Waals surface area (Å²) in [6, 6.07) is 11.7. The van der Waals surface area contributed by atoms with Crippen LogP contribution in [-0.2, 0) is 6.54 Å². The molecule has 0 fully saturated rings. The summed E-state index contributed by atoms with van der Waals surface area (Å²) >= 11 is 0. The highest BCUT2D eigenvalue weighted by molar-refractivity contribution is 5.80. The van der Waals surface area contributed by atoms with E-state index >= 15 is 0 Å². The Balaban J connectivity index is 2.22. The van der Waals surface area contributed by atoms with Crippen molar-refractivity contribution in [3.05, 3.63) is 54.1 Å². The molecule has 0 atom stereocenters. The van der Waals surface area contributed by atoms with Gasteiger partial charge in [-0.2, -0.15) is 0 Å². The van der Waals surface area contributed by atoms with Crippen molar-refractivity contribution in [1.82, 2.24) is 9.55 Å². The number of imidazole rings is 1. The van der Waals surface area contributed by atoms with Crippen LogP contribution < -0.4 is 0 Å². The molecule has 0 saturated carbocycles. The summed E-state index contributed by atoms with van der Waals surface area (Å²) in [5, 5.41) is 0. The first kappa shape index (κ1) is 13.7. The third-order valence-electron chi connectivity index (χ3n) is 3.38. The molecule has 0 amide bonds. The first-order valence-corrected chi connectivity index (χ1v) is 6.97. The van der Waals surface area contributed by atoms with Gasteiger partial charge in [0.25, 0.3) is 0 Å². The summed E-state index contributed by atoms with van der Waals surface area (Å²) < 4.78 is 28.7. The molecule has 21 heavy (non-hydrogen) atoms. The molecule has 0 unspecified atom stereocenters. The third-order valence-corrected chi connectivity index (χ3v) is 3.38. The van der Waals surface area contributed by atoms with Gasteiger partial charge in [-0.1, -0.05) is 26.0 Å². The van der Waals surface area contributed by atoms with Crippen LogP contribution in [0, 0.1) is 17.6 Å². The van der Waals surface area contributed by atoms with Gasteiger partial charge in [0, 0.05) is 12.1 Å².